The van der Waals surface area contributed by atoms with Crippen molar-refractivity contribution in [1.82, 2.24) is 4.90 Å². The lowest BCUT2D eigenvalue weighted by molar-refractivity contribution is 0.137. The number of nitrogens with two attached hydrogens (primary N) is 2. The topological polar surface area (TPSA) is 88.9 Å². The van der Waals surface area contributed by atoms with Crippen LogP contribution < -0.4 is 21.5 Å². The molecular weight excluding hydrogens is 410 g/mol. The average molecular weight is 448 g/mol. The molecule has 33 heavy (non-hydrogen) atoms. The maximum Gasteiger partial charge on any atom is 0.198 e. The molecular formula is C27H37N5O. The van der Waals surface area contributed by atoms with Gasteiger partial charge in [-0.1, -0.05) is 38.1 Å². The lowest BCUT2D eigenvalue weighted by Crippen LogP contribution is -2.27. The highest BCUT2D eigenvalue weighted by molar-refractivity contribution is 5.96. The smallest absolute Gasteiger partial charge is 0.198 e. The van der Waals surface area contributed by atoms with Crippen LogP contribution in [0.1, 0.15) is 32.0 Å². The van der Waals surface area contributed by atoms with Crippen molar-refractivity contribution in [2.24, 2.45) is 10.7 Å². The lowest BCUT2D eigenvalue weighted by Gasteiger charge is -2.19. The van der Waals surface area contributed by atoms with Gasteiger partial charge in [0.15, 0.2) is 5.96 Å². The first-order valence-corrected chi connectivity index (χ1v) is 11.4. The summed E-state index contributed by atoms with van der Waals surface area (Å²) < 4.78 is 5.89. The first-order chi connectivity index (χ1) is 15.8. The van der Waals surface area contributed by atoms with Gasteiger partial charge in [0.2, 0.25) is 0 Å². The number of nitrogens with zero attached hydrogens (tertiary/aromatic N) is 2. The molecule has 0 aliphatic carbocycles. The third-order valence-corrected chi connectivity index (χ3v) is 5.75. The summed E-state index contributed by atoms with van der Waals surface area (Å²) in [5.74, 6) is 1.04. The van der Waals surface area contributed by atoms with Crippen molar-refractivity contribution in [2.75, 3.05) is 30.9 Å². The number of hydrogen-bond donors (Lipinski definition) is 3. The van der Waals surface area contributed by atoms with Gasteiger partial charge in [0, 0.05) is 13.2 Å². The van der Waals surface area contributed by atoms with Gasteiger partial charge in [-0.2, -0.15) is 0 Å². The van der Waals surface area contributed by atoms with E-state index in [1.54, 1.807) is 0 Å². The van der Waals surface area contributed by atoms with Crippen molar-refractivity contribution in [3.63, 3.8) is 0 Å². The first kappa shape index (κ1) is 24.1. The van der Waals surface area contributed by atoms with Gasteiger partial charge in [0.05, 0.1) is 11.4 Å². The van der Waals surface area contributed by atoms with E-state index in [1.165, 1.54) is 16.7 Å². The van der Waals surface area contributed by atoms with Crippen LogP contribution in [0.5, 0.6) is 5.75 Å². The Kier molecular flexibility index (Phi) is 7.96. The number of hydrogen-bond acceptors (Lipinski definition) is 4. The summed E-state index contributed by atoms with van der Waals surface area (Å²) in [6.45, 7) is 12.9. The van der Waals surface area contributed by atoms with Gasteiger partial charge in [0.1, 0.15) is 12.5 Å². The van der Waals surface area contributed by atoms with Gasteiger partial charge >= 0.3 is 0 Å². The van der Waals surface area contributed by atoms with E-state index in [1.807, 2.05) is 37.3 Å². The number of aryl methyl sites for hydroxylation is 3. The van der Waals surface area contributed by atoms with Crippen LogP contribution in [0.3, 0.4) is 0 Å². The predicted molar refractivity (Wildman–Crippen MR) is 142 cm³/mol. The van der Waals surface area contributed by atoms with Crippen LogP contribution >= 0.6 is 0 Å². The molecule has 6 nitrogen and oxygen atoms in total. The molecule has 0 heterocycles. The normalized spacial score (nSPS) is 11.6. The Morgan fingerprint density at radius 3 is 2.27 bits per heavy atom. The molecule has 0 aliphatic heterocycles. The maximum atomic E-state index is 6.40. The number of ether oxygens (including phenoxy) is 1. The largest absolute Gasteiger partial charge is 0.478 e. The Balaban J connectivity index is 0.00000408. The van der Waals surface area contributed by atoms with Crippen molar-refractivity contribution >= 4 is 23.0 Å². The van der Waals surface area contributed by atoms with Gasteiger partial charge in [-0.15, -0.1) is 0 Å². The molecule has 5 N–H and O–H groups in total. The minimum absolute atomic E-state index is 0. The molecule has 3 aromatic rings. The van der Waals surface area contributed by atoms with E-state index in [4.69, 9.17) is 16.2 Å². The van der Waals surface area contributed by atoms with E-state index in [9.17, 15) is 0 Å². The van der Waals surface area contributed by atoms with Gasteiger partial charge < -0.3 is 21.5 Å². The van der Waals surface area contributed by atoms with Gasteiger partial charge in [-0.25, -0.2) is 4.99 Å². The molecule has 0 atom stereocenters. The van der Waals surface area contributed by atoms with E-state index in [0.717, 1.165) is 35.7 Å². The molecule has 0 unspecified atom stereocenters. The fourth-order valence-corrected chi connectivity index (χ4v) is 3.91. The molecule has 3 aromatic carbocycles. The predicted octanol–water partition coefficient (Wildman–Crippen LogP) is 5.84. The van der Waals surface area contributed by atoms with Gasteiger partial charge in [-0.05, 0) is 85.9 Å². The molecule has 0 fully saturated rings. The Morgan fingerprint density at radius 1 is 0.970 bits per heavy atom. The van der Waals surface area contributed by atoms with Crippen LogP contribution in [0.25, 0.3) is 11.1 Å². The average Bonchev–Trinajstić information content (AvgIpc) is 2.77. The molecule has 0 aliphatic rings. The van der Waals surface area contributed by atoms with E-state index < -0.39 is 0 Å². The van der Waals surface area contributed by atoms with Gasteiger partial charge in [-0.3, -0.25) is 4.90 Å². The molecule has 0 amide bonds. The van der Waals surface area contributed by atoms with Gasteiger partial charge in [0.25, 0.3) is 0 Å². The zero-order chi connectivity index (χ0) is 24.0. The second-order valence-corrected chi connectivity index (χ2v) is 8.22. The molecule has 0 radical (unpaired) electrons. The fraction of sp³-hybridized carbons (Fsp3) is 0.296. The van der Waals surface area contributed by atoms with Crippen molar-refractivity contribution in [1.29, 1.82) is 0 Å². The molecule has 0 saturated carbocycles. The summed E-state index contributed by atoms with van der Waals surface area (Å²) in [7, 11) is 0. The molecule has 0 spiro atoms. The van der Waals surface area contributed by atoms with Crippen molar-refractivity contribution < 1.29 is 6.16 Å². The lowest BCUT2D eigenvalue weighted by atomic mass is 9.94. The van der Waals surface area contributed by atoms with Crippen LogP contribution in [0.4, 0.5) is 17.1 Å². The molecule has 3 rings (SSSR count). The fourth-order valence-electron chi connectivity index (χ4n) is 3.91. The van der Waals surface area contributed by atoms with Crippen molar-refractivity contribution in [3.05, 3.63) is 71.3 Å². The highest BCUT2D eigenvalue weighted by atomic mass is 16.5. The number of nitrogens with one attached hydrogen (secondary N) is 1. The van der Waals surface area contributed by atoms with Crippen molar-refractivity contribution in [3.8, 4) is 16.9 Å². The second kappa shape index (κ2) is 10.9. The van der Waals surface area contributed by atoms with E-state index in [2.05, 4.69) is 67.2 Å². The molecule has 0 saturated heterocycles. The monoisotopic (exact) mass is 447 g/mol. The van der Waals surface area contributed by atoms with Crippen LogP contribution in [0.2, 0.25) is 0 Å². The van der Waals surface area contributed by atoms with Crippen LogP contribution in [0.15, 0.2) is 59.6 Å². The number of guanidine groups is 1. The summed E-state index contributed by atoms with van der Waals surface area (Å²) >= 11 is 0. The number of aliphatic imine (C=N–C) groups is 1. The number of anilines is 2. The molecule has 0 bridgehead atoms. The standard InChI is InChI=1S/C27H35N5O.H2/c1-6-32(7-2)17-33-23-13-9-12-22(16-23)30-27(29)31-26-20(5)14-21(15-24(26)28)25-18(3)10-8-11-19(25)4;/h8-16H,6-7,17,28H2,1-5H3,(H3,29,30,31);1H. The van der Waals surface area contributed by atoms with Crippen molar-refractivity contribution in [2.45, 2.75) is 34.6 Å². The quantitative estimate of drug-likeness (QED) is 0.175. The summed E-state index contributed by atoms with van der Waals surface area (Å²) in [6.07, 6.45) is 0. The van der Waals surface area contributed by atoms with E-state index in [0.29, 0.717) is 18.1 Å². The minimum atomic E-state index is 0. The minimum Gasteiger partial charge on any atom is -0.478 e. The first-order valence-electron chi connectivity index (χ1n) is 11.4. The van der Waals surface area contributed by atoms with Crippen LogP contribution in [-0.2, 0) is 0 Å². The van der Waals surface area contributed by atoms with E-state index in [-0.39, 0.29) is 7.39 Å². The Hall–Kier alpha value is -3.51. The summed E-state index contributed by atoms with van der Waals surface area (Å²) in [5.41, 5.74) is 20.4. The second-order valence-electron chi connectivity index (χ2n) is 8.22. The number of rotatable bonds is 8. The highest BCUT2D eigenvalue weighted by Crippen LogP contribution is 2.35. The maximum absolute atomic E-state index is 6.40. The zero-order valence-corrected chi connectivity index (χ0v) is 20.3. The highest BCUT2D eigenvalue weighted by Gasteiger charge is 2.11. The summed E-state index contributed by atoms with van der Waals surface area (Å²) in [5, 5.41) is 3.14. The van der Waals surface area contributed by atoms with Crippen LogP contribution in [0, 0.1) is 20.8 Å². The van der Waals surface area contributed by atoms with Crippen LogP contribution in [-0.4, -0.2) is 30.7 Å². The molecule has 176 valence electrons. The summed E-state index contributed by atoms with van der Waals surface area (Å²) in [4.78, 5) is 6.77. The number of benzene rings is 3. The van der Waals surface area contributed by atoms with E-state index >= 15 is 0 Å². The summed E-state index contributed by atoms with van der Waals surface area (Å²) in [6, 6.07) is 18.1. The Labute approximate surface area is 198 Å². The Morgan fingerprint density at radius 2 is 1.64 bits per heavy atom. The molecule has 0 aromatic heterocycles. The third kappa shape index (κ3) is 6.05. The number of nitrogen functional groups attached to an aromatic ring is 1. The SMILES string of the molecule is CCN(CC)COc1cccc(NC(N)=Nc2c(C)cc(-c3c(C)cccc3C)cc2N)c1.[HH]. The zero-order valence-electron chi connectivity index (χ0n) is 20.3. The third-order valence-electron chi connectivity index (χ3n) is 5.75. The molecule has 6 heteroatoms. The Bertz CT molecular complexity index is 1100.